The lowest BCUT2D eigenvalue weighted by Crippen LogP contribution is -2.29. The maximum Gasteiger partial charge on any atom is 0.240 e. The number of likely N-dealkylation sites (N-methyl/N-ethyl adjacent to an activating group) is 1. The lowest BCUT2D eigenvalue weighted by molar-refractivity contribution is -0.117. The molecule has 0 unspecified atom stereocenters. The van der Waals surface area contributed by atoms with Gasteiger partial charge in [0.25, 0.3) is 0 Å². The topological polar surface area (TPSA) is 58.1 Å². The van der Waals surface area contributed by atoms with Gasteiger partial charge in [0, 0.05) is 22.5 Å². The standard InChI is InChI=1S/C21H19ClN4OS2/c1-26(13-20-24-17-8-4-5-9-18(17)29-20)12-19(27)25-21-23-11-15(28-21)10-14-6-2-3-7-16(14)22/h2-9,11H,10,12-13H2,1H3,(H,23,25,27). The van der Waals surface area contributed by atoms with E-state index in [4.69, 9.17) is 11.6 Å². The van der Waals surface area contributed by atoms with E-state index >= 15 is 0 Å². The quantitative estimate of drug-likeness (QED) is 0.434. The van der Waals surface area contributed by atoms with Crippen LogP contribution in [0.2, 0.25) is 5.02 Å². The highest BCUT2D eigenvalue weighted by Gasteiger charge is 2.12. The van der Waals surface area contributed by atoms with Crippen molar-refractivity contribution < 1.29 is 4.79 Å². The van der Waals surface area contributed by atoms with E-state index in [2.05, 4.69) is 21.4 Å². The Morgan fingerprint density at radius 1 is 1.14 bits per heavy atom. The van der Waals surface area contributed by atoms with Gasteiger partial charge in [0.05, 0.1) is 23.3 Å². The van der Waals surface area contributed by atoms with Crippen LogP contribution in [-0.2, 0) is 17.8 Å². The minimum absolute atomic E-state index is 0.0905. The first-order valence-electron chi connectivity index (χ1n) is 9.08. The molecule has 0 saturated carbocycles. The number of benzene rings is 2. The number of hydrogen-bond acceptors (Lipinski definition) is 6. The second kappa shape index (κ2) is 9.00. The van der Waals surface area contributed by atoms with Crippen LogP contribution in [0.1, 0.15) is 15.4 Å². The molecule has 2 aromatic carbocycles. The summed E-state index contributed by atoms with van der Waals surface area (Å²) in [7, 11) is 1.91. The first kappa shape index (κ1) is 20.0. The molecule has 0 saturated heterocycles. The third kappa shape index (κ3) is 5.19. The van der Waals surface area contributed by atoms with Crippen molar-refractivity contribution in [3.8, 4) is 0 Å². The molecule has 0 atom stereocenters. The van der Waals surface area contributed by atoms with E-state index in [0.29, 0.717) is 18.1 Å². The van der Waals surface area contributed by atoms with Crippen molar-refractivity contribution in [1.82, 2.24) is 14.9 Å². The Hall–Kier alpha value is -2.32. The molecule has 0 bridgehead atoms. The number of fused-ring (bicyclic) bond motifs is 1. The molecule has 1 amide bonds. The largest absolute Gasteiger partial charge is 0.301 e. The van der Waals surface area contributed by atoms with Crippen molar-refractivity contribution in [3.05, 3.63) is 75.2 Å². The Morgan fingerprint density at radius 2 is 1.93 bits per heavy atom. The van der Waals surface area contributed by atoms with Gasteiger partial charge >= 0.3 is 0 Å². The number of nitrogens with zero attached hydrogens (tertiary/aromatic N) is 3. The average molecular weight is 443 g/mol. The normalized spacial score (nSPS) is 11.3. The molecule has 1 N–H and O–H groups in total. The molecule has 4 rings (SSSR count). The minimum Gasteiger partial charge on any atom is -0.301 e. The number of aromatic nitrogens is 2. The molecule has 0 aliphatic rings. The zero-order chi connectivity index (χ0) is 20.2. The molecule has 4 aromatic rings. The van der Waals surface area contributed by atoms with Gasteiger partial charge in [0.1, 0.15) is 5.01 Å². The highest BCUT2D eigenvalue weighted by atomic mass is 35.5. The maximum atomic E-state index is 12.4. The van der Waals surface area contributed by atoms with Gasteiger partial charge in [-0.3, -0.25) is 9.69 Å². The lowest BCUT2D eigenvalue weighted by atomic mass is 10.1. The number of carbonyl (C=O) groups excluding carboxylic acids is 1. The number of anilines is 1. The number of hydrogen-bond donors (Lipinski definition) is 1. The average Bonchev–Trinajstić information content (AvgIpc) is 3.29. The van der Waals surface area contributed by atoms with E-state index in [0.717, 1.165) is 30.7 Å². The van der Waals surface area contributed by atoms with Gasteiger partial charge in [-0.25, -0.2) is 9.97 Å². The number of nitrogens with one attached hydrogen (secondary N) is 1. The van der Waals surface area contributed by atoms with Gasteiger partial charge < -0.3 is 5.32 Å². The van der Waals surface area contributed by atoms with Gasteiger partial charge in [-0.15, -0.1) is 22.7 Å². The highest BCUT2D eigenvalue weighted by molar-refractivity contribution is 7.18. The molecule has 0 aliphatic carbocycles. The Morgan fingerprint density at radius 3 is 2.76 bits per heavy atom. The van der Waals surface area contributed by atoms with Crippen molar-refractivity contribution in [1.29, 1.82) is 0 Å². The van der Waals surface area contributed by atoms with Crippen LogP contribution in [0.3, 0.4) is 0 Å². The minimum atomic E-state index is -0.0905. The van der Waals surface area contributed by atoms with Crippen molar-refractivity contribution in [3.63, 3.8) is 0 Å². The SMILES string of the molecule is CN(CC(=O)Nc1ncc(Cc2ccccc2Cl)s1)Cc1nc2ccccc2s1. The van der Waals surface area contributed by atoms with E-state index < -0.39 is 0 Å². The van der Waals surface area contributed by atoms with E-state index in [1.165, 1.54) is 11.3 Å². The van der Waals surface area contributed by atoms with Crippen molar-refractivity contribution in [2.45, 2.75) is 13.0 Å². The van der Waals surface area contributed by atoms with E-state index in [9.17, 15) is 4.79 Å². The molecular formula is C21H19ClN4OS2. The van der Waals surface area contributed by atoms with Crippen LogP contribution in [0.4, 0.5) is 5.13 Å². The summed E-state index contributed by atoms with van der Waals surface area (Å²) in [5.41, 5.74) is 2.05. The van der Waals surface area contributed by atoms with Crippen molar-refractivity contribution in [2.24, 2.45) is 0 Å². The zero-order valence-corrected chi connectivity index (χ0v) is 18.2. The summed E-state index contributed by atoms with van der Waals surface area (Å²) in [6.45, 7) is 0.901. The molecule has 2 aromatic heterocycles. The Kier molecular flexibility index (Phi) is 6.20. The van der Waals surface area contributed by atoms with E-state index in [1.54, 1.807) is 17.5 Å². The molecule has 0 radical (unpaired) electrons. The fourth-order valence-corrected chi connectivity index (χ4v) is 5.06. The van der Waals surface area contributed by atoms with Crippen LogP contribution in [-0.4, -0.2) is 34.4 Å². The van der Waals surface area contributed by atoms with Gasteiger partial charge in [0.2, 0.25) is 5.91 Å². The van der Waals surface area contributed by atoms with Crippen LogP contribution in [0.25, 0.3) is 10.2 Å². The number of halogens is 1. The molecule has 2 heterocycles. The summed E-state index contributed by atoms with van der Waals surface area (Å²) in [5.74, 6) is -0.0905. The summed E-state index contributed by atoms with van der Waals surface area (Å²) in [4.78, 5) is 24.3. The molecule has 0 aliphatic heterocycles. The maximum absolute atomic E-state index is 12.4. The smallest absolute Gasteiger partial charge is 0.240 e. The van der Waals surface area contributed by atoms with Gasteiger partial charge in [-0.2, -0.15) is 0 Å². The van der Waals surface area contributed by atoms with Gasteiger partial charge in [0.15, 0.2) is 5.13 Å². The third-order valence-corrected chi connectivity index (χ3v) is 6.58. The number of carbonyl (C=O) groups is 1. The Labute approximate surface area is 182 Å². The monoisotopic (exact) mass is 442 g/mol. The lowest BCUT2D eigenvalue weighted by Gasteiger charge is -2.13. The summed E-state index contributed by atoms with van der Waals surface area (Å²) in [5, 5.41) is 5.22. The van der Waals surface area contributed by atoms with Crippen LogP contribution < -0.4 is 5.32 Å². The predicted octanol–water partition coefficient (Wildman–Crippen LogP) is 5.07. The molecular weight excluding hydrogens is 424 g/mol. The predicted molar refractivity (Wildman–Crippen MR) is 121 cm³/mol. The highest BCUT2D eigenvalue weighted by Crippen LogP contribution is 2.25. The molecule has 0 spiro atoms. The molecule has 148 valence electrons. The molecule has 8 heteroatoms. The Balaban J connectivity index is 1.31. The van der Waals surface area contributed by atoms with Crippen LogP contribution in [0.15, 0.2) is 54.7 Å². The third-order valence-electron chi connectivity index (χ3n) is 4.28. The second-order valence-corrected chi connectivity index (χ2v) is 9.33. The summed E-state index contributed by atoms with van der Waals surface area (Å²) in [6, 6.07) is 15.8. The van der Waals surface area contributed by atoms with Crippen LogP contribution in [0.5, 0.6) is 0 Å². The summed E-state index contributed by atoms with van der Waals surface area (Å²) >= 11 is 9.34. The summed E-state index contributed by atoms with van der Waals surface area (Å²) in [6.07, 6.45) is 2.49. The number of thiazole rings is 2. The first-order chi connectivity index (χ1) is 14.1. The number of amides is 1. The van der Waals surface area contributed by atoms with E-state index in [-0.39, 0.29) is 12.5 Å². The fourth-order valence-electron chi connectivity index (χ4n) is 2.95. The van der Waals surface area contributed by atoms with Crippen molar-refractivity contribution >= 4 is 55.5 Å². The molecule has 29 heavy (non-hydrogen) atoms. The second-order valence-electron chi connectivity index (χ2n) is 6.70. The summed E-state index contributed by atoms with van der Waals surface area (Å²) < 4.78 is 1.16. The van der Waals surface area contributed by atoms with Crippen LogP contribution >= 0.6 is 34.3 Å². The Bertz CT molecular complexity index is 1110. The van der Waals surface area contributed by atoms with Gasteiger partial charge in [-0.05, 0) is 30.8 Å². The van der Waals surface area contributed by atoms with Gasteiger partial charge in [-0.1, -0.05) is 41.9 Å². The number of rotatable bonds is 7. The number of para-hydroxylation sites is 1. The van der Waals surface area contributed by atoms with E-state index in [1.807, 2.05) is 54.4 Å². The molecule has 0 fully saturated rings. The van der Waals surface area contributed by atoms with Crippen LogP contribution in [0, 0.1) is 0 Å². The fraction of sp³-hybridized carbons (Fsp3) is 0.190. The molecule has 5 nitrogen and oxygen atoms in total. The first-order valence-corrected chi connectivity index (χ1v) is 11.1. The van der Waals surface area contributed by atoms with Crippen molar-refractivity contribution in [2.75, 3.05) is 18.9 Å². The zero-order valence-electron chi connectivity index (χ0n) is 15.8.